The Morgan fingerprint density at radius 2 is 2.41 bits per heavy atom. The van der Waals surface area contributed by atoms with Gasteiger partial charge < -0.3 is 11.1 Å². The Morgan fingerprint density at radius 1 is 1.53 bits per heavy atom. The zero-order valence-electron chi connectivity index (χ0n) is 9.05. The zero-order chi connectivity index (χ0) is 12.1. The standard InChI is InChI=1S/C10H12N6O/c11-8-5-12-3-1-7(8)10(17)13-4-2-9-14-6-15-16-9/h1,3,5-6H,2,4,11H2,(H,13,17)(H,14,15,16). The van der Waals surface area contributed by atoms with Crippen molar-refractivity contribution in [3.63, 3.8) is 0 Å². The molecule has 2 aromatic rings. The van der Waals surface area contributed by atoms with Crippen molar-refractivity contribution in [2.75, 3.05) is 12.3 Å². The van der Waals surface area contributed by atoms with Gasteiger partial charge in [0.05, 0.1) is 17.4 Å². The van der Waals surface area contributed by atoms with Crippen LogP contribution in [0.3, 0.4) is 0 Å². The third kappa shape index (κ3) is 2.77. The van der Waals surface area contributed by atoms with Crippen LogP contribution in [0.1, 0.15) is 16.2 Å². The Labute approximate surface area is 97.5 Å². The van der Waals surface area contributed by atoms with Crippen molar-refractivity contribution >= 4 is 11.6 Å². The van der Waals surface area contributed by atoms with E-state index in [0.717, 1.165) is 5.82 Å². The molecule has 7 heteroatoms. The number of hydrogen-bond acceptors (Lipinski definition) is 5. The van der Waals surface area contributed by atoms with Crippen LogP contribution in [0.4, 0.5) is 5.69 Å². The molecule has 0 unspecified atom stereocenters. The highest BCUT2D eigenvalue weighted by atomic mass is 16.1. The second kappa shape index (κ2) is 5.06. The lowest BCUT2D eigenvalue weighted by atomic mass is 10.2. The molecule has 0 aromatic carbocycles. The van der Waals surface area contributed by atoms with Crippen LogP contribution in [0.5, 0.6) is 0 Å². The molecule has 4 N–H and O–H groups in total. The molecule has 2 aromatic heterocycles. The maximum atomic E-state index is 11.7. The molecule has 0 aliphatic rings. The monoisotopic (exact) mass is 232 g/mol. The van der Waals surface area contributed by atoms with Gasteiger partial charge in [-0.15, -0.1) is 0 Å². The van der Waals surface area contributed by atoms with E-state index in [0.29, 0.717) is 24.2 Å². The van der Waals surface area contributed by atoms with E-state index >= 15 is 0 Å². The fourth-order valence-corrected chi connectivity index (χ4v) is 1.35. The summed E-state index contributed by atoms with van der Waals surface area (Å²) < 4.78 is 0. The van der Waals surface area contributed by atoms with Gasteiger partial charge in [0, 0.05) is 19.2 Å². The fraction of sp³-hybridized carbons (Fsp3) is 0.200. The number of amides is 1. The van der Waals surface area contributed by atoms with E-state index in [9.17, 15) is 4.79 Å². The van der Waals surface area contributed by atoms with Crippen LogP contribution in [0, 0.1) is 0 Å². The number of nitrogens with one attached hydrogen (secondary N) is 2. The second-order valence-electron chi connectivity index (χ2n) is 3.40. The normalized spacial score (nSPS) is 10.1. The second-order valence-corrected chi connectivity index (χ2v) is 3.40. The molecule has 0 saturated heterocycles. The number of aromatic nitrogens is 4. The number of carbonyl (C=O) groups is 1. The van der Waals surface area contributed by atoms with Crippen LogP contribution in [-0.2, 0) is 6.42 Å². The number of aromatic amines is 1. The van der Waals surface area contributed by atoms with Gasteiger partial charge in [-0.25, -0.2) is 4.98 Å². The van der Waals surface area contributed by atoms with Gasteiger partial charge in [0.15, 0.2) is 0 Å². The third-order valence-electron chi connectivity index (χ3n) is 2.21. The molecule has 88 valence electrons. The predicted molar refractivity (Wildman–Crippen MR) is 61.1 cm³/mol. The van der Waals surface area contributed by atoms with Gasteiger partial charge in [0.2, 0.25) is 0 Å². The summed E-state index contributed by atoms with van der Waals surface area (Å²) in [6.07, 6.45) is 5.00. The molecular formula is C10H12N6O. The van der Waals surface area contributed by atoms with Crippen molar-refractivity contribution in [3.8, 4) is 0 Å². The SMILES string of the molecule is Nc1cnccc1C(=O)NCCc1ncn[nH]1. The molecule has 0 fully saturated rings. The molecule has 0 atom stereocenters. The summed E-state index contributed by atoms with van der Waals surface area (Å²) in [4.78, 5) is 19.5. The molecule has 7 nitrogen and oxygen atoms in total. The van der Waals surface area contributed by atoms with E-state index in [1.165, 1.54) is 18.7 Å². The Morgan fingerprint density at radius 3 is 3.12 bits per heavy atom. The number of nitrogen functional groups attached to an aromatic ring is 1. The number of nitrogens with zero attached hydrogens (tertiary/aromatic N) is 3. The number of hydrogen-bond donors (Lipinski definition) is 3. The first kappa shape index (κ1) is 11.1. The lowest BCUT2D eigenvalue weighted by Gasteiger charge is -2.05. The zero-order valence-corrected chi connectivity index (χ0v) is 9.05. The summed E-state index contributed by atoms with van der Waals surface area (Å²) in [5.74, 6) is 0.511. The van der Waals surface area contributed by atoms with Crippen LogP contribution in [-0.4, -0.2) is 32.6 Å². The Bertz CT molecular complexity index is 495. The van der Waals surface area contributed by atoms with E-state index in [1.807, 2.05) is 0 Å². The highest BCUT2D eigenvalue weighted by Crippen LogP contribution is 2.07. The quantitative estimate of drug-likeness (QED) is 0.673. The maximum absolute atomic E-state index is 11.7. The molecule has 0 spiro atoms. The average molecular weight is 232 g/mol. The van der Waals surface area contributed by atoms with Crippen LogP contribution >= 0.6 is 0 Å². The lowest BCUT2D eigenvalue weighted by molar-refractivity contribution is 0.0955. The molecule has 2 heterocycles. The topological polar surface area (TPSA) is 110 Å². The number of anilines is 1. The maximum Gasteiger partial charge on any atom is 0.253 e. The van der Waals surface area contributed by atoms with Gasteiger partial charge in [-0.05, 0) is 6.07 Å². The van der Waals surface area contributed by atoms with Crippen molar-refractivity contribution in [3.05, 3.63) is 36.2 Å². The summed E-state index contributed by atoms with van der Waals surface area (Å²) in [6.45, 7) is 0.468. The summed E-state index contributed by atoms with van der Waals surface area (Å²) in [7, 11) is 0. The van der Waals surface area contributed by atoms with Crippen molar-refractivity contribution in [1.29, 1.82) is 0 Å². The summed E-state index contributed by atoms with van der Waals surface area (Å²) in [5, 5.41) is 9.17. The number of carbonyl (C=O) groups excluding carboxylic acids is 1. The Balaban J connectivity index is 1.88. The molecule has 0 aliphatic heterocycles. The summed E-state index contributed by atoms with van der Waals surface area (Å²) in [5.41, 5.74) is 6.43. The number of nitrogens with two attached hydrogens (primary N) is 1. The van der Waals surface area contributed by atoms with Gasteiger partial charge in [-0.2, -0.15) is 5.10 Å². The largest absolute Gasteiger partial charge is 0.397 e. The van der Waals surface area contributed by atoms with Crippen molar-refractivity contribution in [1.82, 2.24) is 25.5 Å². The van der Waals surface area contributed by atoms with Crippen molar-refractivity contribution in [2.45, 2.75) is 6.42 Å². The average Bonchev–Trinajstić information content (AvgIpc) is 2.82. The van der Waals surface area contributed by atoms with Crippen molar-refractivity contribution < 1.29 is 4.79 Å². The van der Waals surface area contributed by atoms with Gasteiger partial charge >= 0.3 is 0 Å². The van der Waals surface area contributed by atoms with E-state index in [4.69, 9.17) is 5.73 Å². The molecule has 0 radical (unpaired) electrons. The van der Waals surface area contributed by atoms with Crippen LogP contribution in [0.2, 0.25) is 0 Å². The first-order valence-corrected chi connectivity index (χ1v) is 5.09. The number of H-pyrrole nitrogens is 1. The fourth-order valence-electron chi connectivity index (χ4n) is 1.35. The minimum Gasteiger partial charge on any atom is -0.397 e. The minimum absolute atomic E-state index is 0.218. The molecule has 2 rings (SSSR count). The van der Waals surface area contributed by atoms with Gasteiger partial charge in [-0.3, -0.25) is 14.9 Å². The van der Waals surface area contributed by atoms with Crippen molar-refractivity contribution in [2.24, 2.45) is 0 Å². The summed E-state index contributed by atoms with van der Waals surface area (Å²) >= 11 is 0. The summed E-state index contributed by atoms with van der Waals surface area (Å²) in [6, 6.07) is 1.58. The first-order chi connectivity index (χ1) is 8.27. The predicted octanol–water partition coefficient (Wildman–Crippen LogP) is -0.246. The Hall–Kier alpha value is -2.44. The molecule has 0 aliphatic carbocycles. The molecule has 1 amide bonds. The molecule has 0 saturated carbocycles. The molecular weight excluding hydrogens is 220 g/mol. The minimum atomic E-state index is -0.218. The Kier molecular flexibility index (Phi) is 3.29. The van der Waals surface area contributed by atoms with Gasteiger partial charge in [0.25, 0.3) is 5.91 Å². The van der Waals surface area contributed by atoms with Crippen LogP contribution in [0.15, 0.2) is 24.8 Å². The van der Waals surface area contributed by atoms with Gasteiger partial charge in [0.1, 0.15) is 12.2 Å². The van der Waals surface area contributed by atoms with E-state index < -0.39 is 0 Å². The van der Waals surface area contributed by atoms with Crippen LogP contribution in [0.25, 0.3) is 0 Å². The number of rotatable bonds is 4. The highest BCUT2D eigenvalue weighted by molar-refractivity contribution is 5.98. The first-order valence-electron chi connectivity index (χ1n) is 5.09. The van der Waals surface area contributed by atoms with Crippen LogP contribution < -0.4 is 11.1 Å². The van der Waals surface area contributed by atoms with E-state index in [1.54, 1.807) is 6.07 Å². The van der Waals surface area contributed by atoms with Gasteiger partial charge in [-0.1, -0.05) is 0 Å². The molecule has 0 bridgehead atoms. The smallest absolute Gasteiger partial charge is 0.253 e. The highest BCUT2D eigenvalue weighted by Gasteiger charge is 2.08. The third-order valence-corrected chi connectivity index (χ3v) is 2.21. The van der Waals surface area contributed by atoms with E-state index in [2.05, 4.69) is 25.5 Å². The lowest BCUT2D eigenvalue weighted by Crippen LogP contribution is -2.26. The molecule has 17 heavy (non-hydrogen) atoms. The number of pyridine rings is 1. The van der Waals surface area contributed by atoms with E-state index in [-0.39, 0.29) is 5.91 Å².